The number of nitrogens with two attached hydrogens (primary N) is 1. The highest BCUT2D eigenvalue weighted by molar-refractivity contribution is 5.32. The van der Waals surface area contributed by atoms with Gasteiger partial charge in [0.05, 0.1) is 12.0 Å². The van der Waals surface area contributed by atoms with Crippen molar-refractivity contribution in [3.8, 4) is 6.07 Å². The lowest BCUT2D eigenvalue weighted by atomic mass is 9.96. The van der Waals surface area contributed by atoms with E-state index in [1.165, 1.54) is 0 Å². The first-order valence-electron chi connectivity index (χ1n) is 3.94. The maximum absolute atomic E-state index is 8.77. The Kier molecular flexibility index (Phi) is 2.84. The van der Waals surface area contributed by atoms with E-state index in [1.54, 1.807) is 0 Å². The van der Waals surface area contributed by atoms with Crippen molar-refractivity contribution in [3.63, 3.8) is 0 Å². The largest absolute Gasteiger partial charge is 0.329 e. The maximum Gasteiger partial charge on any atom is 0.0837 e. The maximum atomic E-state index is 8.77. The van der Waals surface area contributed by atoms with Crippen LogP contribution in [0.15, 0.2) is 24.3 Å². The fourth-order valence-corrected chi connectivity index (χ4v) is 1.23. The Labute approximate surface area is 72.6 Å². The summed E-state index contributed by atoms with van der Waals surface area (Å²) in [6, 6.07) is 10.0. The molecule has 1 aromatic rings. The average Bonchev–Trinajstić information content (AvgIpc) is 2.10. The zero-order chi connectivity index (χ0) is 8.97. The smallest absolute Gasteiger partial charge is 0.0837 e. The van der Waals surface area contributed by atoms with Crippen molar-refractivity contribution in [1.82, 2.24) is 0 Å². The Morgan fingerprint density at radius 1 is 1.50 bits per heavy atom. The van der Waals surface area contributed by atoms with Crippen LogP contribution >= 0.6 is 0 Å². The molecule has 0 aliphatic carbocycles. The Hall–Kier alpha value is -1.33. The molecule has 1 aromatic carbocycles. The summed E-state index contributed by atoms with van der Waals surface area (Å²) in [4.78, 5) is 0. The molecule has 0 bridgehead atoms. The molecule has 0 aliphatic rings. The molecule has 2 heteroatoms. The fourth-order valence-electron chi connectivity index (χ4n) is 1.23. The first-order valence-corrected chi connectivity index (χ1v) is 3.94. The third-order valence-electron chi connectivity index (χ3n) is 1.96. The van der Waals surface area contributed by atoms with Crippen LogP contribution in [0, 0.1) is 18.3 Å². The van der Waals surface area contributed by atoms with Crippen molar-refractivity contribution in [2.75, 3.05) is 6.54 Å². The van der Waals surface area contributed by atoms with Gasteiger partial charge in [0.1, 0.15) is 0 Å². The van der Waals surface area contributed by atoms with Crippen molar-refractivity contribution in [1.29, 1.82) is 5.26 Å². The molecule has 0 spiro atoms. The van der Waals surface area contributed by atoms with Crippen LogP contribution in [-0.2, 0) is 0 Å². The van der Waals surface area contributed by atoms with E-state index in [9.17, 15) is 0 Å². The normalized spacial score (nSPS) is 12.1. The fraction of sp³-hybridized carbons (Fsp3) is 0.300. The summed E-state index contributed by atoms with van der Waals surface area (Å²) in [6.45, 7) is 2.39. The van der Waals surface area contributed by atoms with E-state index in [4.69, 9.17) is 11.0 Å². The Morgan fingerprint density at radius 2 is 2.17 bits per heavy atom. The van der Waals surface area contributed by atoms with Crippen LogP contribution in [0.2, 0.25) is 0 Å². The van der Waals surface area contributed by atoms with Crippen LogP contribution in [0.1, 0.15) is 17.0 Å². The third-order valence-corrected chi connectivity index (χ3v) is 1.96. The number of aryl methyl sites for hydroxylation is 1. The lowest BCUT2D eigenvalue weighted by molar-refractivity contribution is 0.854. The van der Waals surface area contributed by atoms with E-state index in [0.29, 0.717) is 6.54 Å². The first-order chi connectivity index (χ1) is 5.79. The second kappa shape index (κ2) is 3.89. The van der Waals surface area contributed by atoms with Crippen molar-refractivity contribution in [2.24, 2.45) is 5.73 Å². The van der Waals surface area contributed by atoms with Gasteiger partial charge in [-0.05, 0) is 18.1 Å². The summed E-state index contributed by atoms with van der Waals surface area (Å²) in [5.41, 5.74) is 7.64. The lowest BCUT2D eigenvalue weighted by Crippen LogP contribution is -2.11. The molecule has 0 amide bonds. The van der Waals surface area contributed by atoms with Crippen LogP contribution in [-0.4, -0.2) is 6.54 Å². The number of hydrogen-bond acceptors (Lipinski definition) is 2. The Morgan fingerprint density at radius 3 is 2.67 bits per heavy atom. The first kappa shape index (κ1) is 8.76. The molecule has 1 unspecified atom stereocenters. The van der Waals surface area contributed by atoms with Crippen molar-refractivity contribution in [3.05, 3.63) is 35.4 Å². The molecular weight excluding hydrogens is 148 g/mol. The highest BCUT2D eigenvalue weighted by atomic mass is 14.5. The number of nitrogens with zero attached hydrogens (tertiary/aromatic N) is 1. The summed E-state index contributed by atoms with van der Waals surface area (Å²) >= 11 is 0. The van der Waals surface area contributed by atoms with E-state index < -0.39 is 0 Å². The summed E-state index contributed by atoms with van der Waals surface area (Å²) in [6.07, 6.45) is 0. The van der Waals surface area contributed by atoms with E-state index in [2.05, 4.69) is 6.07 Å². The van der Waals surface area contributed by atoms with Crippen LogP contribution < -0.4 is 5.73 Å². The number of rotatable bonds is 2. The number of nitriles is 1. The van der Waals surface area contributed by atoms with Gasteiger partial charge in [0.2, 0.25) is 0 Å². The highest BCUT2D eigenvalue weighted by Crippen LogP contribution is 2.17. The molecule has 0 saturated carbocycles. The SMILES string of the molecule is Cc1ccccc1C(C#N)CN. The van der Waals surface area contributed by atoms with Crippen LogP contribution in [0.25, 0.3) is 0 Å². The lowest BCUT2D eigenvalue weighted by Gasteiger charge is -2.08. The zero-order valence-corrected chi connectivity index (χ0v) is 7.12. The van der Waals surface area contributed by atoms with Gasteiger partial charge in [0.25, 0.3) is 0 Å². The minimum absolute atomic E-state index is 0.161. The molecule has 0 saturated heterocycles. The van der Waals surface area contributed by atoms with E-state index in [1.807, 2.05) is 31.2 Å². The molecule has 12 heavy (non-hydrogen) atoms. The minimum atomic E-state index is -0.161. The second-order valence-electron chi connectivity index (χ2n) is 2.77. The average molecular weight is 160 g/mol. The van der Waals surface area contributed by atoms with Gasteiger partial charge >= 0.3 is 0 Å². The van der Waals surface area contributed by atoms with E-state index >= 15 is 0 Å². The summed E-state index contributed by atoms with van der Waals surface area (Å²) in [7, 11) is 0. The van der Waals surface area contributed by atoms with Crippen molar-refractivity contribution >= 4 is 0 Å². The Bertz CT molecular complexity index is 299. The molecule has 0 aliphatic heterocycles. The van der Waals surface area contributed by atoms with Gasteiger partial charge in [0.15, 0.2) is 0 Å². The third kappa shape index (κ3) is 1.63. The molecule has 62 valence electrons. The minimum Gasteiger partial charge on any atom is -0.329 e. The number of hydrogen-bond donors (Lipinski definition) is 1. The van der Waals surface area contributed by atoms with E-state index in [-0.39, 0.29) is 5.92 Å². The second-order valence-corrected chi connectivity index (χ2v) is 2.77. The van der Waals surface area contributed by atoms with Crippen molar-refractivity contribution < 1.29 is 0 Å². The van der Waals surface area contributed by atoms with Gasteiger partial charge in [-0.25, -0.2) is 0 Å². The van der Waals surface area contributed by atoms with Gasteiger partial charge in [0, 0.05) is 6.54 Å². The molecule has 0 radical (unpaired) electrons. The van der Waals surface area contributed by atoms with Crippen LogP contribution in [0.4, 0.5) is 0 Å². The standard InChI is InChI=1S/C10H12N2/c1-8-4-2-3-5-10(8)9(6-11)7-12/h2-5,9H,6,11H2,1H3. The van der Waals surface area contributed by atoms with E-state index in [0.717, 1.165) is 11.1 Å². The predicted molar refractivity (Wildman–Crippen MR) is 48.6 cm³/mol. The molecule has 0 heterocycles. The summed E-state index contributed by atoms with van der Waals surface area (Å²) < 4.78 is 0. The highest BCUT2D eigenvalue weighted by Gasteiger charge is 2.09. The van der Waals surface area contributed by atoms with Crippen LogP contribution in [0.5, 0.6) is 0 Å². The molecule has 0 aromatic heterocycles. The molecule has 1 rings (SSSR count). The summed E-state index contributed by atoms with van der Waals surface area (Å²) in [5, 5.41) is 8.77. The van der Waals surface area contributed by atoms with Crippen LogP contribution in [0.3, 0.4) is 0 Å². The predicted octanol–water partition coefficient (Wildman–Crippen LogP) is 1.56. The van der Waals surface area contributed by atoms with Gasteiger partial charge < -0.3 is 5.73 Å². The van der Waals surface area contributed by atoms with Gasteiger partial charge in [-0.15, -0.1) is 0 Å². The van der Waals surface area contributed by atoms with Crippen molar-refractivity contribution in [2.45, 2.75) is 12.8 Å². The summed E-state index contributed by atoms with van der Waals surface area (Å²) in [5.74, 6) is -0.161. The topological polar surface area (TPSA) is 49.8 Å². The van der Waals surface area contributed by atoms with Gasteiger partial charge in [-0.2, -0.15) is 5.26 Å². The molecular formula is C10H12N2. The number of benzene rings is 1. The molecule has 1 atom stereocenters. The molecule has 2 N–H and O–H groups in total. The quantitative estimate of drug-likeness (QED) is 0.713. The molecule has 0 fully saturated rings. The van der Waals surface area contributed by atoms with Gasteiger partial charge in [-0.1, -0.05) is 24.3 Å². The monoisotopic (exact) mass is 160 g/mol. The zero-order valence-electron chi connectivity index (χ0n) is 7.12. The molecule has 2 nitrogen and oxygen atoms in total. The van der Waals surface area contributed by atoms with Gasteiger partial charge in [-0.3, -0.25) is 0 Å². The Balaban J connectivity index is 3.02.